The van der Waals surface area contributed by atoms with Gasteiger partial charge in [0.2, 0.25) is 0 Å². The van der Waals surface area contributed by atoms with Crippen LogP contribution in [0.2, 0.25) is 0 Å². The molecular weight excluding hydrogens is 315 g/mol. The Kier molecular flexibility index (Phi) is 14.6. The summed E-state index contributed by atoms with van der Waals surface area (Å²) < 4.78 is 35.2. The van der Waals surface area contributed by atoms with Crippen LogP contribution in [0.4, 0.5) is 0 Å². The summed E-state index contributed by atoms with van der Waals surface area (Å²) >= 11 is 0. The number of benzene rings is 1. The molecule has 0 saturated carbocycles. The Hall–Kier alpha value is -0.920. The Morgan fingerprint density at radius 2 is 1.91 bits per heavy atom. The van der Waals surface area contributed by atoms with Crippen molar-refractivity contribution in [1.82, 2.24) is 0 Å². The van der Waals surface area contributed by atoms with Crippen molar-refractivity contribution in [3.8, 4) is 0 Å². The van der Waals surface area contributed by atoms with Gasteiger partial charge in [0.15, 0.2) is 0 Å². The zero-order valence-electron chi connectivity index (χ0n) is 12.9. The van der Waals surface area contributed by atoms with Gasteiger partial charge in [-0.05, 0) is 18.1 Å². The molecule has 1 rings (SSSR count). The number of ether oxygens (including phenoxy) is 1. The van der Waals surface area contributed by atoms with Crippen LogP contribution in [-0.2, 0) is 19.6 Å². The van der Waals surface area contributed by atoms with Crippen molar-refractivity contribution in [1.29, 1.82) is 0 Å². The molecule has 0 aliphatic carbocycles. The van der Waals surface area contributed by atoms with Crippen molar-refractivity contribution in [2.24, 2.45) is 0 Å². The van der Waals surface area contributed by atoms with Crippen molar-refractivity contribution in [2.75, 3.05) is 6.61 Å². The minimum atomic E-state index is -4.25. The summed E-state index contributed by atoms with van der Waals surface area (Å²) in [5.74, 6) is -0.330. The molecule has 5 nitrogen and oxygen atoms in total. The van der Waals surface area contributed by atoms with E-state index in [9.17, 15) is 17.8 Å². The first-order chi connectivity index (χ1) is 9.89. The van der Waals surface area contributed by atoms with E-state index in [2.05, 4.69) is 11.3 Å². The summed E-state index contributed by atoms with van der Waals surface area (Å²) in [7, 11) is -4.25. The second-order valence-corrected chi connectivity index (χ2v) is 5.19. The Labute approximate surface area is 154 Å². The largest absolute Gasteiger partial charge is 0.744 e. The third kappa shape index (κ3) is 15.5. The first-order valence-corrected chi connectivity index (χ1v) is 7.84. The SMILES string of the molecule is C=CC(=O)OCCCC.O=S(=O)([O-])C=Cc1ccccc1.[Na]. The Bertz CT molecular complexity index is 553. The van der Waals surface area contributed by atoms with E-state index in [1.165, 1.54) is 12.2 Å². The average Bonchev–Trinajstić information content (AvgIpc) is 2.46. The fraction of sp³-hybridized carbons (Fsp3) is 0.267. The summed E-state index contributed by atoms with van der Waals surface area (Å²) in [6.07, 6.45) is 4.42. The Morgan fingerprint density at radius 1 is 1.32 bits per heavy atom. The Morgan fingerprint density at radius 3 is 2.36 bits per heavy atom. The van der Waals surface area contributed by atoms with Gasteiger partial charge in [-0.3, -0.25) is 0 Å². The first-order valence-electron chi connectivity index (χ1n) is 6.37. The monoisotopic (exact) mass is 334 g/mol. The van der Waals surface area contributed by atoms with Crippen molar-refractivity contribution < 1.29 is 22.5 Å². The van der Waals surface area contributed by atoms with Crippen LogP contribution in [0.25, 0.3) is 6.08 Å². The summed E-state index contributed by atoms with van der Waals surface area (Å²) in [4.78, 5) is 10.3. The third-order valence-corrected chi connectivity index (χ3v) is 2.61. The van der Waals surface area contributed by atoms with Crippen molar-refractivity contribution in [3.63, 3.8) is 0 Å². The molecule has 0 atom stereocenters. The number of hydrogen-bond acceptors (Lipinski definition) is 5. The molecule has 0 saturated heterocycles. The maximum atomic E-state index is 10.3. The third-order valence-electron chi connectivity index (χ3n) is 2.14. The zero-order valence-corrected chi connectivity index (χ0v) is 15.7. The maximum absolute atomic E-state index is 10.3. The van der Waals surface area contributed by atoms with Gasteiger partial charge in [-0.25, -0.2) is 13.2 Å². The molecule has 0 aliphatic heterocycles. The topological polar surface area (TPSA) is 83.5 Å². The smallest absolute Gasteiger partial charge is 0.330 e. The number of carbonyl (C=O) groups is 1. The van der Waals surface area contributed by atoms with Gasteiger partial charge in [-0.15, -0.1) is 0 Å². The van der Waals surface area contributed by atoms with Crippen LogP contribution in [0.3, 0.4) is 0 Å². The molecule has 0 fully saturated rings. The van der Waals surface area contributed by atoms with Crippen molar-refractivity contribution >= 4 is 51.7 Å². The van der Waals surface area contributed by atoms with Crippen LogP contribution >= 0.6 is 0 Å². The van der Waals surface area contributed by atoms with Gasteiger partial charge in [0.25, 0.3) is 0 Å². The van der Waals surface area contributed by atoms with E-state index in [1.807, 2.05) is 13.0 Å². The molecule has 1 aromatic carbocycles. The summed E-state index contributed by atoms with van der Waals surface area (Å²) in [6, 6.07) is 8.75. The molecule has 0 aliphatic rings. The molecule has 0 aromatic heterocycles. The summed E-state index contributed by atoms with van der Waals surface area (Å²) in [5.41, 5.74) is 0.692. The van der Waals surface area contributed by atoms with Gasteiger partial charge in [0.1, 0.15) is 10.1 Å². The molecule has 117 valence electrons. The van der Waals surface area contributed by atoms with E-state index in [1.54, 1.807) is 24.3 Å². The van der Waals surface area contributed by atoms with E-state index in [-0.39, 0.29) is 35.5 Å². The maximum Gasteiger partial charge on any atom is 0.330 e. The van der Waals surface area contributed by atoms with Crippen LogP contribution in [0.15, 0.2) is 48.4 Å². The summed E-state index contributed by atoms with van der Waals surface area (Å²) in [6.45, 7) is 5.82. The van der Waals surface area contributed by atoms with Gasteiger partial charge in [0.05, 0.1) is 6.61 Å². The number of carbonyl (C=O) groups excluding carboxylic acids is 1. The second kappa shape index (κ2) is 13.7. The number of hydrogen-bond donors (Lipinski definition) is 0. The molecule has 7 heteroatoms. The molecule has 0 spiro atoms. The van der Waals surface area contributed by atoms with E-state index in [0.717, 1.165) is 12.8 Å². The molecule has 0 bridgehead atoms. The minimum absolute atomic E-state index is 0. The second-order valence-electron chi connectivity index (χ2n) is 3.93. The molecule has 0 N–H and O–H groups in total. The van der Waals surface area contributed by atoms with E-state index in [0.29, 0.717) is 17.6 Å². The predicted octanol–water partition coefficient (Wildman–Crippen LogP) is 2.34. The molecular formula is C15H19NaO5S-. The Balaban J connectivity index is 0. The van der Waals surface area contributed by atoms with Gasteiger partial charge < -0.3 is 9.29 Å². The van der Waals surface area contributed by atoms with Crippen LogP contribution < -0.4 is 0 Å². The van der Waals surface area contributed by atoms with Gasteiger partial charge in [0, 0.05) is 41.0 Å². The molecule has 1 radical (unpaired) electrons. The zero-order chi connectivity index (χ0) is 16.1. The van der Waals surface area contributed by atoms with Crippen LogP contribution in [0.5, 0.6) is 0 Å². The quantitative estimate of drug-likeness (QED) is 0.262. The van der Waals surface area contributed by atoms with Gasteiger partial charge in [-0.1, -0.05) is 50.3 Å². The number of unbranched alkanes of at least 4 members (excludes halogenated alkanes) is 1. The standard InChI is InChI=1S/C8H8O3S.C7H12O2.Na/c9-12(10,11)7-6-8-4-2-1-3-5-8;1-3-5-6-9-7(8)4-2;/h1-7H,(H,9,10,11);4H,2-3,5-6H2,1H3;/p-1. The fourth-order valence-corrected chi connectivity index (χ4v) is 1.43. The summed E-state index contributed by atoms with van der Waals surface area (Å²) in [5, 5.41) is 0.641. The fourth-order valence-electron chi connectivity index (χ4n) is 1.10. The van der Waals surface area contributed by atoms with Crippen molar-refractivity contribution in [3.05, 3.63) is 54.0 Å². The minimum Gasteiger partial charge on any atom is -0.744 e. The van der Waals surface area contributed by atoms with Gasteiger partial charge in [-0.2, -0.15) is 0 Å². The van der Waals surface area contributed by atoms with Gasteiger partial charge >= 0.3 is 5.97 Å². The van der Waals surface area contributed by atoms with Crippen LogP contribution in [0.1, 0.15) is 25.3 Å². The normalized spacial score (nSPS) is 10.1. The van der Waals surface area contributed by atoms with E-state index in [4.69, 9.17) is 0 Å². The average molecular weight is 334 g/mol. The van der Waals surface area contributed by atoms with E-state index >= 15 is 0 Å². The first kappa shape index (κ1) is 23.3. The molecule has 0 heterocycles. The molecule has 0 unspecified atom stereocenters. The number of rotatable bonds is 6. The molecule has 22 heavy (non-hydrogen) atoms. The van der Waals surface area contributed by atoms with Crippen LogP contribution in [-0.4, -0.2) is 55.1 Å². The van der Waals surface area contributed by atoms with Crippen molar-refractivity contribution in [2.45, 2.75) is 19.8 Å². The van der Waals surface area contributed by atoms with Crippen LogP contribution in [0, 0.1) is 0 Å². The van der Waals surface area contributed by atoms with E-state index < -0.39 is 10.1 Å². The molecule has 0 amide bonds. The number of esters is 1. The predicted molar refractivity (Wildman–Crippen MR) is 87.0 cm³/mol. The molecule has 1 aromatic rings.